The molecule has 0 atom stereocenters. The van der Waals surface area contributed by atoms with Gasteiger partial charge in [-0.15, -0.1) is 10.2 Å². The molecule has 0 saturated heterocycles. The van der Waals surface area contributed by atoms with E-state index < -0.39 is 0 Å². The minimum absolute atomic E-state index is 0.445. The first-order valence-corrected chi connectivity index (χ1v) is 3.77. The third-order valence-electron chi connectivity index (χ3n) is 1.46. The van der Waals surface area contributed by atoms with Crippen LogP contribution in [0.4, 0.5) is 0 Å². The number of nitrogens with zero attached hydrogens (tertiary/aromatic N) is 2. The van der Waals surface area contributed by atoms with Gasteiger partial charge in [-0.25, -0.2) is 0 Å². The highest BCUT2D eigenvalue weighted by Gasteiger charge is 2.05. The highest BCUT2D eigenvalue weighted by atomic mass is 35.5. The van der Waals surface area contributed by atoms with Crippen LogP contribution in [0.2, 0.25) is 5.02 Å². The van der Waals surface area contributed by atoms with E-state index in [1.54, 1.807) is 6.07 Å². The maximum absolute atomic E-state index is 5.89. The smallest absolute Gasteiger partial charge is 0.248 e. The van der Waals surface area contributed by atoms with Crippen molar-refractivity contribution < 1.29 is 4.42 Å². The van der Waals surface area contributed by atoms with Gasteiger partial charge in [0.05, 0.1) is 10.6 Å². The van der Waals surface area contributed by atoms with E-state index in [1.807, 2.05) is 18.2 Å². The van der Waals surface area contributed by atoms with Gasteiger partial charge in [-0.05, 0) is 12.1 Å². The zero-order valence-electron chi connectivity index (χ0n) is 6.07. The van der Waals surface area contributed by atoms with Gasteiger partial charge < -0.3 is 4.42 Å². The van der Waals surface area contributed by atoms with E-state index in [2.05, 4.69) is 10.2 Å². The molecule has 1 aromatic heterocycles. The number of hydrogen-bond acceptors (Lipinski definition) is 3. The Morgan fingerprint density at radius 3 is 2.75 bits per heavy atom. The molecule has 0 fully saturated rings. The van der Waals surface area contributed by atoms with Crippen LogP contribution in [0.15, 0.2) is 35.1 Å². The summed E-state index contributed by atoms with van der Waals surface area (Å²) < 4.78 is 4.99. The minimum Gasteiger partial charge on any atom is -0.423 e. The van der Waals surface area contributed by atoms with Crippen molar-refractivity contribution in [1.29, 1.82) is 0 Å². The Morgan fingerprint density at radius 2 is 2.08 bits per heavy atom. The van der Waals surface area contributed by atoms with Crippen molar-refractivity contribution in [2.45, 2.75) is 0 Å². The molecule has 1 heterocycles. The van der Waals surface area contributed by atoms with Crippen molar-refractivity contribution in [3.63, 3.8) is 0 Å². The normalized spacial score (nSPS) is 10.1. The van der Waals surface area contributed by atoms with Gasteiger partial charge in [0.1, 0.15) is 0 Å². The van der Waals surface area contributed by atoms with E-state index in [1.165, 1.54) is 6.39 Å². The Morgan fingerprint density at radius 1 is 1.25 bits per heavy atom. The molecule has 0 amide bonds. The number of hydrogen-bond donors (Lipinski definition) is 0. The monoisotopic (exact) mass is 180 g/mol. The average Bonchev–Trinajstić information content (AvgIpc) is 2.57. The van der Waals surface area contributed by atoms with Crippen molar-refractivity contribution in [2.24, 2.45) is 0 Å². The molecular weight excluding hydrogens is 176 g/mol. The summed E-state index contributed by atoms with van der Waals surface area (Å²) in [7, 11) is 0. The molecule has 0 aliphatic heterocycles. The molecule has 0 radical (unpaired) electrons. The zero-order chi connectivity index (χ0) is 8.39. The number of halogens is 1. The summed E-state index contributed by atoms with van der Waals surface area (Å²) in [5.74, 6) is 0.445. The zero-order valence-corrected chi connectivity index (χ0v) is 6.82. The Labute approximate surface area is 74.0 Å². The second kappa shape index (κ2) is 2.95. The molecule has 0 unspecified atom stereocenters. The molecule has 0 saturated carbocycles. The van der Waals surface area contributed by atoms with Crippen LogP contribution in [0, 0.1) is 0 Å². The molecule has 3 nitrogen and oxygen atoms in total. The molecule has 0 spiro atoms. The molecule has 2 rings (SSSR count). The van der Waals surface area contributed by atoms with Gasteiger partial charge in [-0.3, -0.25) is 0 Å². The quantitative estimate of drug-likeness (QED) is 0.677. The third-order valence-corrected chi connectivity index (χ3v) is 1.79. The molecule has 0 N–H and O–H groups in total. The second-order valence-corrected chi connectivity index (χ2v) is 2.63. The fourth-order valence-electron chi connectivity index (χ4n) is 0.925. The number of aromatic nitrogens is 2. The van der Waals surface area contributed by atoms with Crippen LogP contribution in [0.3, 0.4) is 0 Å². The SMILES string of the molecule is Clc1ccccc1-c1nnco1. The molecule has 60 valence electrons. The van der Waals surface area contributed by atoms with Crippen molar-refractivity contribution in [2.75, 3.05) is 0 Å². The molecule has 0 aliphatic rings. The van der Waals surface area contributed by atoms with Crippen LogP contribution in [0.25, 0.3) is 11.5 Å². The number of rotatable bonds is 1. The minimum atomic E-state index is 0.445. The largest absolute Gasteiger partial charge is 0.423 e. The van der Waals surface area contributed by atoms with Gasteiger partial charge in [0.25, 0.3) is 0 Å². The third kappa shape index (κ3) is 1.19. The first kappa shape index (κ1) is 7.31. The topological polar surface area (TPSA) is 38.9 Å². The molecule has 12 heavy (non-hydrogen) atoms. The highest BCUT2D eigenvalue weighted by molar-refractivity contribution is 6.33. The fourth-order valence-corrected chi connectivity index (χ4v) is 1.14. The van der Waals surface area contributed by atoms with E-state index in [4.69, 9.17) is 16.0 Å². The predicted molar refractivity (Wildman–Crippen MR) is 44.7 cm³/mol. The lowest BCUT2D eigenvalue weighted by Gasteiger charge is -1.95. The Bertz CT molecular complexity index is 372. The summed E-state index contributed by atoms with van der Waals surface area (Å²) >= 11 is 5.89. The summed E-state index contributed by atoms with van der Waals surface area (Å²) in [4.78, 5) is 0. The maximum Gasteiger partial charge on any atom is 0.248 e. The average molecular weight is 181 g/mol. The molecule has 2 aromatic rings. The lowest BCUT2D eigenvalue weighted by atomic mass is 10.2. The van der Waals surface area contributed by atoms with Crippen molar-refractivity contribution in [1.82, 2.24) is 10.2 Å². The number of benzene rings is 1. The van der Waals surface area contributed by atoms with E-state index in [9.17, 15) is 0 Å². The fraction of sp³-hybridized carbons (Fsp3) is 0. The van der Waals surface area contributed by atoms with Gasteiger partial charge in [-0.2, -0.15) is 0 Å². The van der Waals surface area contributed by atoms with Crippen LogP contribution in [0.1, 0.15) is 0 Å². The summed E-state index contributed by atoms with van der Waals surface area (Å²) in [5, 5.41) is 7.92. The molecule has 4 heteroatoms. The Hall–Kier alpha value is -1.35. The second-order valence-electron chi connectivity index (χ2n) is 2.22. The van der Waals surface area contributed by atoms with E-state index in [0.717, 1.165) is 5.56 Å². The summed E-state index contributed by atoms with van der Waals surface area (Å²) in [6.07, 6.45) is 1.28. The summed E-state index contributed by atoms with van der Waals surface area (Å²) in [5.41, 5.74) is 0.761. The molecule has 0 aliphatic carbocycles. The van der Waals surface area contributed by atoms with Crippen LogP contribution in [-0.4, -0.2) is 10.2 Å². The Balaban J connectivity index is 2.55. The van der Waals surface area contributed by atoms with Crippen molar-refractivity contribution in [3.05, 3.63) is 35.7 Å². The van der Waals surface area contributed by atoms with Crippen molar-refractivity contribution in [3.8, 4) is 11.5 Å². The first-order valence-electron chi connectivity index (χ1n) is 3.39. The van der Waals surface area contributed by atoms with Gasteiger partial charge in [0, 0.05) is 0 Å². The lowest BCUT2D eigenvalue weighted by molar-refractivity contribution is 0.568. The van der Waals surface area contributed by atoms with Crippen LogP contribution in [-0.2, 0) is 0 Å². The van der Waals surface area contributed by atoms with Gasteiger partial charge in [-0.1, -0.05) is 23.7 Å². The van der Waals surface area contributed by atoms with Crippen LogP contribution in [0.5, 0.6) is 0 Å². The summed E-state index contributed by atoms with van der Waals surface area (Å²) in [6.45, 7) is 0. The maximum atomic E-state index is 5.89. The first-order chi connectivity index (χ1) is 5.88. The summed E-state index contributed by atoms with van der Waals surface area (Å²) in [6, 6.07) is 7.32. The van der Waals surface area contributed by atoms with Crippen LogP contribution >= 0.6 is 11.6 Å². The van der Waals surface area contributed by atoms with Crippen molar-refractivity contribution >= 4 is 11.6 Å². The Kier molecular flexibility index (Phi) is 1.80. The van der Waals surface area contributed by atoms with E-state index >= 15 is 0 Å². The van der Waals surface area contributed by atoms with E-state index in [0.29, 0.717) is 10.9 Å². The highest BCUT2D eigenvalue weighted by Crippen LogP contribution is 2.24. The standard InChI is InChI=1S/C8H5ClN2O/c9-7-4-2-1-3-6(7)8-11-10-5-12-8/h1-5H. The van der Waals surface area contributed by atoms with E-state index in [-0.39, 0.29) is 0 Å². The van der Waals surface area contributed by atoms with Gasteiger partial charge >= 0.3 is 0 Å². The predicted octanol–water partition coefficient (Wildman–Crippen LogP) is 2.39. The van der Waals surface area contributed by atoms with Gasteiger partial charge in [0.2, 0.25) is 12.3 Å². The molecular formula is C8H5ClN2O. The molecule has 0 bridgehead atoms. The molecule has 1 aromatic carbocycles. The van der Waals surface area contributed by atoms with Gasteiger partial charge in [0.15, 0.2) is 0 Å². The van der Waals surface area contributed by atoms with Crippen LogP contribution < -0.4 is 0 Å². The lowest BCUT2D eigenvalue weighted by Crippen LogP contribution is -1.78.